The number of rotatable bonds is 5. The lowest BCUT2D eigenvalue weighted by Crippen LogP contribution is -2.34. The first-order valence-corrected chi connectivity index (χ1v) is 10.9. The van der Waals surface area contributed by atoms with Gasteiger partial charge in [0.15, 0.2) is 0 Å². The van der Waals surface area contributed by atoms with E-state index in [0.717, 1.165) is 25.3 Å². The third-order valence-electron chi connectivity index (χ3n) is 3.76. The summed E-state index contributed by atoms with van der Waals surface area (Å²) in [5, 5.41) is 12.5. The van der Waals surface area contributed by atoms with Crippen LogP contribution < -0.4 is 10.0 Å². The molecular formula is C20H21ClN2O8S. The predicted octanol–water partition coefficient (Wildman–Crippen LogP) is 3.30. The summed E-state index contributed by atoms with van der Waals surface area (Å²) in [6.45, 7) is 4.90. The monoisotopic (exact) mass is 484 g/mol. The number of methoxy groups -OCH3 is 1. The average molecular weight is 485 g/mol. The number of amides is 2. The van der Waals surface area contributed by atoms with E-state index >= 15 is 0 Å². The van der Waals surface area contributed by atoms with Crippen LogP contribution >= 0.6 is 11.6 Å². The van der Waals surface area contributed by atoms with Crippen molar-refractivity contribution in [2.75, 3.05) is 12.4 Å². The Balaban J connectivity index is 2.23. The molecule has 0 saturated heterocycles. The molecule has 3 N–H and O–H groups in total. The number of carbonyl (C=O) groups excluding carboxylic acids is 3. The van der Waals surface area contributed by atoms with E-state index in [4.69, 9.17) is 16.3 Å². The molecule has 12 heteroatoms. The molecule has 2 amide bonds. The number of urea groups is 1. The number of esters is 2. The first-order chi connectivity index (χ1) is 14.7. The minimum atomic E-state index is -4.45. The predicted molar refractivity (Wildman–Crippen MR) is 115 cm³/mol. The van der Waals surface area contributed by atoms with Crippen LogP contribution in [0.4, 0.5) is 10.5 Å². The van der Waals surface area contributed by atoms with E-state index in [0.29, 0.717) is 0 Å². The van der Waals surface area contributed by atoms with Crippen molar-refractivity contribution >= 4 is 45.3 Å². The number of ether oxygens (including phenoxy) is 2. The highest BCUT2D eigenvalue weighted by atomic mass is 35.5. The van der Waals surface area contributed by atoms with Crippen LogP contribution in [0.5, 0.6) is 5.75 Å². The van der Waals surface area contributed by atoms with E-state index < -0.39 is 44.2 Å². The number of phenols is 1. The fraction of sp³-hybridized carbons (Fsp3) is 0.250. The maximum Gasteiger partial charge on any atom is 0.342 e. The number of hydrogen-bond acceptors (Lipinski definition) is 8. The lowest BCUT2D eigenvalue weighted by Gasteiger charge is -2.20. The van der Waals surface area contributed by atoms with E-state index in [1.807, 2.05) is 0 Å². The number of nitrogens with one attached hydrogen (secondary N) is 2. The summed E-state index contributed by atoms with van der Waals surface area (Å²) in [4.78, 5) is 35.7. The number of hydrogen-bond donors (Lipinski definition) is 3. The fourth-order valence-corrected chi connectivity index (χ4v) is 3.52. The van der Waals surface area contributed by atoms with Crippen molar-refractivity contribution in [3.05, 3.63) is 52.5 Å². The first-order valence-electron chi connectivity index (χ1n) is 9.01. The Morgan fingerprint density at radius 2 is 1.62 bits per heavy atom. The average Bonchev–Trinajstić information content (AvgIpc) is 2.65. The van der Waals surface area contributed by atoms with Gasteiger partial charge in [-0.25, -0.2) is 27.5 Å². The maximum atomic E-state index is 12.5. The summed E-state index contributed by atoms with van der Waals surface area (Å²) in [6.07, 6.45) is 0. The SMILES string of the molecule is COC(=O)c1ccc(Cl)cc1NC(=O)NS(=O)(=O)c1ccc(C(=O)OC(C)(C)C)c(O)c1. The van der Waals surface area contributed by atoms with Gasteiger partial charge in [0.25, 0.3) is 10.0 Å². The van der Waals surface area contributed by atoms with Crippen LogP contribution in [-0.4, -0.2) is 44.2 Å². The number of anilines is 1. The minimum Gasteiger partial charge on any atom is -0.507 e. The highest BCUT2D eigenvalue weighted by Gasteiger charge is 2.24. The smallest absolute Gasteiger partial charge is 0.342 e. The molecule has 0 aliphatic rings. The topological polar surface area (TPSA) is 148 Å². The zero-order valence-corrected chi connectivity index (χ0v) is 19.1. The number of benzene rings is 2. The molecule has 0 spiro atoms. The zero-order valence-electron chi connectivity index (χ0n) is 17.6. The Hall–Kier alpha value is -3.31. The maximum absolute atomic E-state index is 12.5. The Morgan fingerprint density at radius 3 is 2.19 bits per heavy atom. The van der Waals surface area contributed by atoms with Gasteiger partial charge in [-0.1, -0.05) is 11.6 Å². The highest BCUT2D eigenvalue weighted by molar-refractivity contribution is 7.90. The molecule has 172 valence electrons. The largest absolute Gasteiger partial charge is 0.507 e. The molecule has 2 aromatic carbocycles. The van der Waals surface area contributed by atoms with Crippen molar-refractivity contribution in [3.8, 4) is 5.75 Å². The van der Waals surface area contributed by atoms with E-state index in [9.17, 15) is 27.9 Å². The summed E-state index contributed by atoms with van der Waals surface area (Å²) in [5.74, 6) is -2.27. The van der Waals surface area contributed by atoms with Crippen LogP contribution in [0.2, 0.25) is 5.02 Å². The molecule has 2 rings (SSSR count). The van der Waals surface area contributed by atoms with Crippen LogP contribution in [0.3, 0.4) is 0 Å². The number of halogens is 1. The molecule has 0 aliphatic carbocycles. The number of phenolic OH excluding ortho intramolecular Hbond substituents is 1. The summed E-state index contributed by atoms with van der Waals surface area (Å²) in [5.41, 5.74) is -1.20. The fourth-order valence-electron chi connectivity index (χ4n) is 2.42. The molecule has 32 heavy (non-hydrogen) atoms. The zero-order chi connectivity index (χ0) is 24.3. The summed E-state index contributed by atoms with van der Waals surface area (Å²) < 4.78 is 36.5. The lowest BCUT2D eigenvalue weighted by molar-refractivity contribution is 0.00664. The normalized spacial score (nSPS) is 11.4. The van der Waals surface area contributed by atoms with Gasteiger partial charge < -0.3 is 19.9 Å². The summed E-state index contributed by atoms with van der Waals surface area (Å²) in [7, 11) is -3.31. The third-order valence-corrected chi connectivity index (χ3v) is 5.32. The second kappa shape index (κ2) is 9.45. The van der Waals surface area contributed by atoms with Gasteiger partial charge in [-0.15, -0.1) is 0 Å². The Kier molecular flexibility index (Phi) is 7.37. The van der Waals surface area contributed by atoms with Crippen LogP contribution in [0.25, 0.3) is 0 Å². The minimum absolute atomic E-state index is 0.0520. The third kappa shape index (κ3) is 6.34. The molecule has 0 bridgehead atoms. The van der Waals surface area contributed by atoms with Gasteiger partial charge >= 0.3 is 18.0 Å². The van der Waals surface area contributed by atoms with E-state index in [1.54, 1.807) is 25.5 Å². The highest BCUT2D eigenvalue weighted by Crippen LogP contribution is 2.25. The van der Waals surface area contributed by atoms with Gasteiger partial charge in [0.05, 0.1) is 23.3 Å². The molecule has 10 nitrogen and oxygen atoms in total. The second-order valence-electron chi connectivity index (χ2n) is 7.42. The van der Waals surface area contributed by atoms with Crippen molar-refractivity contribution in [2.45, 2.75) is 31.3 Å². The van der Waals surface area contributed by atoms with Crippen molar-refractivity contribution in [1.29, 1.82) is 0 Å². The quantitative estimate of drug-likeness (QED) is 0.547. The Bertz CT molecular complexity index is 1170. The lowest BCUT2D eigenvalue weighted by atomic mass is 10.1. The molecular weight excluding hydrogens is 464 g/mol. The van der Waals surface area contributed by atoms with E-state index in [-0.39, 0.29) is 21.8 Å². The van der Waals surface area contributed by atoms with Gasteiger partial charge in [0.2, 0.25) is 0 Å². The first kappa shape index (κ1) is 25.0. The molecule has 0 aliphatic heterocycles. The van der Waals surface area contributed by atoms with Crippen molar-refractivity contribution < 1.29 is 37.4 Å². The summed E-state index contributed by atoms with van der Waals surface area (Å²) >= 11 is 5.87. The molecule has 0 unspecified atom stereocenters. The molecule has 0 fully saturated rings. The Labute approximate surface area is 189 Å². The van der Waals surface area contributed by atoms with Gasteiger partial charge in [-0.2, -0.15) is 0 Å². The number of sulfonamides is 1. The van der Waals surface area contributed by atoms with Crippen LogP contribution in [-0.2, 0) is 19.5 Å². The van der Waals surface area contributed by atoms with E-state index in [1.165, 1.54) is 18.2 Å². The van der Waals surface area contributed by atoms with Crippen LogP contribution in [0.15, 0.2) is 41.3 Å². The molecule has 0 heterocycles. The van der Waals surface area contributed by atoms with Crippen molar-refractivity contribution in [3.63, 3.8) is 0 Å². The van der Waals surface area contributed by atoms with Gasteiger partial charge in [-0.05, 0) is 51.1 Å². The molecule has 0 atom stereocenters. The standard InChI is InChI=1S/C20H21ClN2O8S/c1-20(2,3)31-18(26)14-8-6-12(10-16(14)24)32(28,29)23-19(27)22-15-9-11(21)5-7-13(15)17(25)30-4/h5-10,24H,1-4H3,(H2,22,23,27). The van der Waals surface area contributed by atoms with Crippen molar-refractivity contribution in [1.82, 2.24) is 4.72 Å². The van der Waals surface area contributed by atoms with Gasteiger partial charge in [0, 0.05) is 11.1 Å². The summed E-state index contributed by atoms with van der Waals surface area (Å²) in [6, 6.07) is 5.60. The second-order valence-corrected chi connectivity index (χ2v) is 9.54. The molecule has 0 saturated carbocycles. The van der Waals surface area contributed by atoms with Crippen molar-refractivity contribution in [2.24, 2.45) is 0 Å². The number of carbonyl (C=O) groups is 3. The van der Waals surface area contributed by atoms with Crippen LogP contribution in [0.1, 0.15) is 41.5 Å². The number of aromatic hydroxyl groups is 1. The Morgan fingerprint density at radius 1 is 1.00 bits per heavy atom. The van der Waals surface area contributed by atoms with Gasteiger partial charge in [0.1, 0.15) is 16.9 Å². The van der Waals surface area contributed by atoms with Gasteiger partial charge in [-0.3, -0.25) is 0 Å². The van der Waals surface area contributed by atoms with E-state index in [2.05, 4.69) is 10.1 Å². The molecule has 0 aromatic heterocycles. The molecule has 0 radical (unpaired) electrons. The molecule has 2 aromatic rings. The van der Waals surface area contributed by atoms with Crippen LogP contribution in [0, 0.1) is 0 Å².